The molecule has 0 amide bonds. The van der Waals surface area contributed by atoms with Gasteiger partial charge in [0.15, 0.2) is 0 Å². The van der Waals surface area contributed by atoms with Crippen molar-refractivity contribution in [3.8, 4) is 0 Å². The number of aryl methyl sites for hydroxylation is 3. The highest BCUT2D eigenvalue weighted by Crippen LogP contribution is 2.17. The fourth-order valence-corrected chi connectivity index (χ4v) is 2.13. The highest BCUT2D eigenvalue weighted by molar-refractivity contribution is 5.09. The van der Waals surface area contributed by atoms with E-state index < -0.39 is 0 Å². The molecule has 2 aromatic heterocycles. The first-order valence-corrected chi connectivity index (χ1v) is 6.39. The molecular weight excluding hydrogens is 226 g/mol. The van der Waals surface area contributed by atoms with Crippen molar-refractivity contribution >= 4 is 0 Å². The molecule has 0 aliphatic heterocycles. The van der Waals surface area contributed by atoms with E-state index in [2.05, 4.69) is 34.7 Å². The molecule has 0 aliphatic carbocycles. The summed E-state index contributed by atoms with van der Waals surface area (Å²) in [6.45, 7) is 3.08. The predicted octanol–water partition coefficient (Wildman–Crippen LogP) is 1.44. The summed E-state index contributed by atoms with van der Waals surface area (Å²) < 4.78 is 3.70. The van der Waals surface area contributed by atoms with Gasteiger partial charge in [0.1, 0.15) is 0 Å². The summed E-state index contributed by atoms with van der Waals surface area (Å²) in [5.41, 5.74) is 2.39. The fraction of sp³-hybridized carbons (Fsp3) is 0.538. The van der Waals surface area contributed by atoms with Crippen molar-refractivity contribution in [3.05, 3.63) is 35.9 Å². The largest absolute Gasteiger partial charge is 0.309 e. The molecule has 1 N–H and O–H groups in total. The topological polar surface area (TPSA) is 47.7 Å². The van der Waals surface area contributed by atoms with Crippen LogP contribution in [0.4, 0.5) is 0 Å². The van der Waals surface area contributed by atoms with Crippen LogP contribution in [-0.2, 0) is 20.5 Å². The maximum atomic E-state index is 4.48. The van der Waals surface area contributed by atoms with Crippen LogP contribution in [0, 0.1) is 0 Å². The quantitative estimate of drug-likeness (QED) is 0.840. The summed E-state index contributed by atoms with van der Waals surface area (Å²) >= 11 is 0. The van der Waals surface area contributed by atoms with Gasteiger partial charge in [0.05, 0.1) is 17.9 Å². The van der Waals surface area contributed by atoms with Gasteiger partial charge in [-0.15, -0.1) is 0 Å². The van der Waals surface area contributed by atoms with Crippen molar-refractivity contribution in [2.75, 3.05) is 6.54 Å². The van der Waals surface area contributed by atoms with E-state index >= 15 is 0 Å². The van der Waals surface area contributed by atoms with E-state index in [0.717, 1.165) is 25.1 Å². The van der Waals surface area contributed by atoms with E-state index in [1.165, 1.54) is 5.56 Å². The van der Waals surface area contributed by atoms with E-state index in [1.54, 1.807) is 0 Å². The minimum absolute atomic E-state index is 0.316. The van der Waals surface area contributed by atoms with Crippen LogP contribution < -0.4 is 5.32 Å². The van der Waals surface area contributed by atoms with Gasteiger partial charge in [-0.1, -0.05) is 6.92 Å². The maximum Gasteiger partial charge on any atom is 0.0793 e. The number of hydrogen-bond donors (Lipinski definition) is 1. The molecule has 0 fully saturated rings. The van der Waals surface area contributed by atoms with E-state index in [1.807, 2.05) is 35.9 Å². The predicted molar refractivity (Wildman–Crippen MR) is 71.2 cm³/mol. The molecule has 0 saturated heterocycles. The third-order valence-electron chi connectivity index (χ3n) is 3.02. The van der Waals surface area contributed by atoms with Crippen molar-refractivity contribution in [1.29, 1.82) is 0 Å². The van der Waals surface area contributed by atoms with Crippen molar-refractivity contribution < 1.29 is 0 Å². The average molecular weight is 247 g/mol. The van der Waals surface area contributed by atoms with E-state index in [0.29, 0.717) is 6.04 Å². The molecule has 5 nitrogen and oxygen atoms in total. The minimum atomic E-state index is 0.316. The van der Waals surface area contributed by atoms with Crippen molar-refractivity contribution in [2.45, 2.75) is 25.8 Å². The Morgan fingerprint density at radius 2 is 2.17 bits per heavy atom. The van der Waals surface area contributed by atoms with Crippen LogP contribution in [0.3, 0.4) is 0 Å². The number of nitrogens with zero attached hydrogens (tertiary/aromatic N) is 4. The zero-order valence-corrected chi connectivity index (χ0v) is 11.3. The van der Waals surface area contributed by atoms with Crippen molar-refractivity contribution in [2.24, 2.45) is 14.1 Å². The first-order chi connectivity index (χ1) is 8.69. The molecule has 18 heavy (non-hydrogen) atoms. The van der Waals surface area contributed by atoms with Crippen molar-refractivity contribution in [1.82, 2.24) is 24.9 Å². The molecule has 0 aliphatic rings. The van der Waals surface area contributed by atoms with Gasteiger partial charge in [0, 0.05) is 26.5 Å². The Morgan fingerprint density at radius 3 is 2.72 bits per heavy atom. The van der Waals surface area contributed by atoms with Crippen molar-refractivity contribution in [3.63, 3.8) is 0 Å². The lowest BCUT2D eigenvalue weighted by molar-refractivity contribution is 0.497. The smallest absolute Gasteiger partial charge is 0.0793 e. The van der Waals surface area contributed by atoms with Crippen LogP contribution >= 0.6 is 0 Å². The molecule has 2 aromatic rings. The summed E-state index contributed by atoms with van der Waals surface area (Å²) in [5, 5.41) is 12.2. The molecule has 2 heterocycles. The second-order valence-electron chi connectivity index (χ2n) is 4.59. The van der Waals surface area contributed by atoms with Gasteiger partial charge in [0.2, 0.25) is 0 Å². The lowest BCUT2D eigenvalue weighted by Gasteiger charge is -2.15. The maximum absolute atomic E-state index is 4.48. The van der Waals surface area contributed by atoms with Gasteiger partial charge in [-0.25, -0.2) is 0 Å². The Balaban J connectivity index is 1.98. The molecule has 0 spiro atoms. The SMILES string of the molecule is CCNC(CCc1cnn(C)c1)c1ccn(C)n1. The average Bonchev–Trinajstić information content (AvgIpc) is 2.94. The number of aromatic nitrogens is 4. The summed E-state index contributed by atoms with van der Waals surface area (Å²) in [4.78, 5) is 0. The summed E-state index contributed by atoms with van der Waals surface area (Å²) in [7, 11) is 3.90. The summed E-state index contributed by atoms with van der Waals surface area (Å²) in [6.07, 6.45) is 8.05. The molecule has 0 aromatic carbocycles. The van der Waals surface area contributed by atoms with Crippen LogP contribution in [0.2, 0.25) is 0 Å². The standard InChI is InChI=1S/C13H21N5/c1-4-14-12(13-7-8-17(2)16-13)6-5-11-9-15-18(3)10-11/h7-10,12,14H,4-6H2,1-3H3. The molecule has 1 atom stereocenters. The van der Waals surface area contributed by atoms with Crippen LogP contribution in [0.1, 0.15) is 30.6 Å². The number of rotatable bonds is 6. The molecule has 98 valence electrons. The highest BCUT2D eigenvalue weighted by Gasteiger charge is 2.13. The van der Waals surface area contributed by atoms with E-state index in [9.17, 15) is 0 Å². The Morgan fingerprint density at radius 1 is 1.33 bits per heavy atom. The normalized spacial score (nSPS) is 12.8. The van der Waals surface area contributed by atoms with Gasteiger partial charge in [0.25, 0.3) is 0 Å². The van der Waals surface area contributed by atoms with Crippen LogP contribution in [0.5, 0.6) is 0 Å². The molecule has 0 bridgehead atoms. The van der Waals surface area contributed by atoms with Gasteiger partial charge in [-0.05, 0) is 31.0 Å². The monoisotopic (exact) mass is 247 g/mol. The van der Waals surface area contributed by atoms with Crippen LogP contribution in [0.25, 0.3) is 0 Å². The molecule has 2 rings (SSSR count). The Kier molecular flexibility index (Phi) is 4.15. The molecule has 1 unspecified atom stereocenters. The lowest BCUT2D eigenvalue weighted by Crippen LogP contribution is -2.22. The second-order valence-corrected chi connectivity index (χ2v) is 4.59. The zero-order valence-electron chi connectivity index (χ0n) is 11.3. The third kappa shape index (κ3) is 3.20. The number of hydrogen-bond acceptors (Lipinski definition) is 3. The third-order valence-corrected chi connectivity index (χ3v) is 3.02. The fourth-order valence-electron chi connectivity index (χ4n) is 2.13. The van der Waals surface area contributed by atoms with E-state index in [-0.39, 0.29) is 0 Å². The van der Waals surface area contributed by atoms with Gasteiger partial charge >= 0.3 is 0 Å². The molecular formula is C13H21N5. The highest BCUT2D eigenvalue weighted by atomic mass is 15.3. The Hall–Kier alpha value is -1.62. The number of nitrogens with one attached hydrogen (secondary N) is 1. The first-order valence-electron chi connectivity index (χ1n) is 6.39. The van der Waals surface area contributed by atoms with Crippen LogP contribution in [-0.4, -0.2) is 26.1 Å². The van der Waals surface area contributed by atoms with E-state index in [4.69, 9.17) is 0 Å². The summed E-state index contributed by atoms with van der Waals surface area (Å²) in [5.74, 6) is 0. The molecule has 0 saturated carbocycles. The van der Waals surface area contributed by atoms with Gasteiger partial charge in [-0.2, -0.15) is 10.2 Å². The molecule has 0 radical (unpaired) electrons. The Bertz CT molecular complexity index is 485. The Labute approximate surface area is 108 Å². The first kappa shape index (κ1) is 12.8. The molecule has 5 heteroatoms. The lowest BCUT2D eigenvalue weighted by atomic mass is 10.1. The second kappa shape index (κ2) is 5.82. The zero-order chi connectivity index (χ0) is 13.0. The van der Waals surface area contributed by atoms with Gasteiger partial charge in [-0.3, -0.25) is 9.36 Å². The van der Waals surface area contributed by atoms with Gasteiger partial charge < -0.3 is 5.32 Å². The minimum Gasteiger partial charge on any atom is -0.309 e. The summed E-state index contributed by atoms with van der Waals surface area (Å²) in [6, 6.07) is 2.40. The van der Waals surface area contributed by atoms with Crippen LogP contribution in [0.15, 0.2) is 24.7 Å².